The molecular formula is C30H42N4O4Si. The van der Waals surface area contributed by atoms with Crippen molar-refractivity contribution < 1.29 is 18.7 Å². The molecule has 0 saturated heterocycles. The van der Waals surface area contributed by atoms with Crippen molar-refractivity contribution in [3.8, 4) is 5.75 Å². The van der Waals surface area contributed by atoms with Crippen LogP contribution in [-0.4, -0.2) is 48.2 Å². The van der Waals surface area contributed by atoms with Crippen molar-refractivity contribution >= 4 is 31.0 Å². The summed E-state index contributed by atoms with van der Waals surface area (Å²) in [5.74, 6) is 2.05. The predicted octanol–water partition coefficient (Wildman–Crippen LogP) is 7.35. The fourth-order valence-electron chi connectivity index (χ4n) is 4.14. The van der Waals surface area contributed by atoms with Gasteiger partial charge in [0.2, 0.25) is 0 Å². The molecule has 1 amide bonds. The first-order valence-corrected chi connectivity index (χ1v) is 16.5. The molecule has 1 aliphatic rings. The van der Waals surface area contributed by atoms with Gasteiger partial charge in [-0.15, -0.1) is 0 Å². The van der Waals surface area contributed by atoms with E-state index in [-0.39, 0.29) is 16.9 Å². The molecule has 2 atom stereocenters. The zero-order chi connectivity index (χ0) is 28.6. The van der Waals surface area contributed by atoms with Gasteiger partial charge in [-0.05, 0) is 76.5 Å². The fourth-order valence-corrected chi connectivity index (χ4v) is 5.17. The summed E-state index contributed by atoms with van der Waals surface area (Å²) in [7, 11) is -1.87. The average Bonchev–Trinajstić information content (AvgIpc) is 3.60. The number of nitrogens with one attached hydrogen (secondary N) is 1. The van der Waals surface area contributed by atoms with Crippen LogP contribution in [0.2, 0.25) is 18.1 Å². The third-order valence-electron chi connectivity index (χ3n) is 7.36. The van der Waals surface area contributed by atoms with Crippen LogP contribution in [0.4, 0.5) is 10.5 Å². The number of anilines is 1. The molecule has 1 fully saturated rings. The van der Waals surface area contributed by atoms with Crippen molar-refractivity contribution in [1.82, 2.24) is 15.0 Å². The van der Waals surface area contributed by atoms with Crippen molar-refractivity contribution in [2.24, 2.45) is 0 Å². The third-order valence-corrected chi connectivity index (χ3v) is 11.9. The van der Waals surface area contributed by atoms with E-state index in [0.29, 0.717) is 18.9 Å². The molecule has 1 aliphatic carbocycles. The number of amides is 1. The van der Waals surface area contributed by atoms with Crippen LogP contribution in [0.15, 0.2) is 36.5 Å². The van der Waals surface area contributed by atoms with Crippen LogP contribution < -0.4 is 10.1 Å². The Balaban J connectivity index is 1.58. The maximum absolute atomic E-state index is 12.4. The second kappa shape index (κ2) is 10.8. The Hall–Kier alpha value is -3.04. The number of ether oxygens (including phenoxy) is 2. The molecule has 0 bridgehead atoms. The summed E-state index contributed by atoms with van der Waals surface area (Å²) in [5.41, 5.74) is 2.67. The van der Waals surface area contributed by atoms with Crippen LogP contribution in [0.1, 0.15) is 77.0 Å². The number of rotatable bonds is 8. The Morgan fingerprint density at radius 1 is 1.03 bits per heavy atom. The second-order valence-electron chi connectivity index (χ2n) is 12.9. The first kappa shape index (κ1) is 29.0. The average molecular weight is 551 g/mol. The van der Waals surface area contributed by atoms with E-state index in [9.17, 15) is 4.79 Å². The van der Waals surface area contributed by atoms with Gasteiger partial charge in [-0.3, -0.25) is 10.3 Å². The molecule has 2 heterocycles. The van der Waals surface area contributed by atoms with Crippen LogP contribution in [-0.2, 0) is 9.16 Å². The molecule has 0 aliphatic heterocycles. The maximum atomic E-state index is 12.4. The molecule has 8 nitrogen and oxygen atoms in total. The number of benzene rings is 1. The number of pyridine rings is 1. The lowest BCUT2D eigenvalue weighted by Crippen LogP contribution is -2.41. The molecular weight excluding hydrogens is 508 g/mol. The zero-order valence-electron chi connectivity index (χ0n) is 24.7. The van der Waals surface area contributed by atoms with Crippen LogP contribution in [0, 0.1) is 6.92 Å². The standard InChI is InChI=1S/C30H42N4O4Si/c1-19-12-13-31-27(32-19)23-17-22(23)25-18-26(36-14-15-37-39(8,9)30(5,6)7)21-11-10-20(16-24(21)34-25)33-28(35)38-29(2,3)4/h10-13,16,18,22-23H,14-15,17H2,1-9H3,(H,33,35)/t22-,23-/m0/s1. The predicted molar refractivity (Wildman–Crippen MR) is 157 cm³/mol. The highest BCUT2D eigenvalue weighted by Gasteiger charge is 2.43. The molecule has 9 heteroatoms. The Morgan fingerprint density at radius 2 is 1.77 bits per heavy atom. The van der Waals surface area contributed by atoms with E-state index in [2.05, 4.69) is 49.1 Å². The Labute approximate surface area is 233 Å². The van der Waals surface area contributed by atoms with Crippen LogP contribution >= 0.6 is 0 Å². The van der Waals surface area contributed by atoms with Crippen molar-refractivity contribution in [2.75, 3.05) is 18.5 Å². The fraction of sp³-hybridized carbons (Fsp3) is 0.533. The van der Waals surface area contributed by atoms with Gasteiger partial charge in [0.1, 0.15) is 23.8 Å². The molecule has 2 aromatic heterocycles. The topological polar surface area (TPSA) is 95.5 Å². The quantitative estimate of drug-likeness (QED) is 0.231. The maximum Gasteiger partial charge on any atom is 0.412 e. The lowest BCUT2D eigenvalue weighted by molar-refractivity contribution is 0.0636. The summed E-state index contributed by atoms with van der Waals surface area (Å²) in [6, 6.07) is 9.58. The van der Waals surface area contributed by atoms with Gasteiger partial charge in [0.05, 0.1) is 12.1 Å². The number of hydrogen-bond donors (Lipinski definition) is 1. The third kappa shape index (κ3) is 7.33. The minimum Gasteiger partial charge on any atom is -0.490 e. The monoisotopic (exact) mass is 550 g/mol. The Bertz CT molecular complexity index is 1350. The van der Waals surface area contributed by atoms with Gasteiger partial charge >= 0.3 is 6.09 Å². The van der Waals surface area contributed by atoms with Gasteiger partial charge in [-0.25, -0.2) is 14.8 Å². The number of aryl methyl sites for hydroxylation is 1. The number of carbonyl (C=O) groups is 1. The number of fused-ring (bicyclic) bond motifs is 1. The van der Waals surface area contributed by atoms with E-state index in [1.165, 1.54) is 0 Å². The van der Waals surface area contributed by atoms with Gasteiger partial charge in [0, 0.05) is 46.6 Å². The van der Waals surface area contributed by atoms with E-state index in [1.807, 2.05) is 64.2 Å². The van der Waals surface area contributed by atoms with E-state index < -0.39 is 20.0 Å². The molecule has 1 saturated carbocycles. The lowest BCUT2D eigenvalue weighted by Gasteiger charge is -2.36. The lowest BCUT2D eigenvalue weighted by atomic mass is 10.1. The van der Waals surface area contributed by atoms with Crippen molar-refractivity contribution in [1.29, 1.82) is 0 Å². The number of nitrogens with zero attached hydrogens (tertiary/aromatic N) is 3. The summed E-state index contributed by atoms with van der Waals surface area (Å²) in [6.45, 7) is 19.6. The smallest absolute Gasteiger partial charge is 0.412 e. The highest BCUT2D eigenvalue weighted by molar-refractivity contribution is 6.74. The summed E-state index contributed by atoms with van der Waals surface area (Å²) < 4.78 is 18.1. The van der Waals surface area contributed by atoms with Gasteiger partial charge in [-0.2, -0.15) is 0 Å². The number of aromatic nitrogens is 3. The van der Waals surface area contributed by atoms with E-state index in [4.69, 9.17) is 18.9 Å². The largest absolute Gasteiger partial charge is 0.490 e. The summed E-state index contributed by atoms with van der Waals surface area (Å²) in [6.07, 6.45) is 2.24. The van der Waals surface area contributed by atoms with Gasteiger partial charge in [-0.1, -0.05) is 20.8 Å². The molecule has 210 valence electrons. The normalized spacial score (nSPS) is 17.7. The molecule has 39 heavy (non-hydrogen) atoms. The molecule has 0 unspecified atom stereocenters. The first-order chi connectivity index (χ1) is 18.1. The van der Waals surface area contributed by atoms with Crippen LogP contribution in [0.25, 0.3) is 10.9 Å². The van der Waals surface area contributed by atoms with Gasteiger partial charge in [0.25, 0.3) is 0 Å². The number of carbonyl (C=O) groups excluding carboxylic acids is 1. The van der Waals surface area contributed by atoms with Crippen molar-refractivity contribution in [2.45, 2.75) is 90.5 Å². The SMILES string of the molecule is Cc1ccnc([C@H]2C[C@@H]2c2cc(OCCO[Si](C)(C)C(C)(C)C)c3ccc(NC(=O)OC(C)(C)C)cc3n2)n1. The van der Waals surface area contributed by atoms with Crippen LogP contribution in [0.5, 0.6) is 5.75 Å². The minimum absolute atomic E-state index is 0.139. The molecule has 0 radical (unpaired) electrons. The Kier molecular flexibility index (Phi) is 8.05. The second-order valence-corrected chi connectivity index (χ2v) is 17.7. The molecule has 0 spiro atoms. The Morgan fingerprint density at radius 3 is 2.44 bits per heavy atom. The van der Waals surface area contributed by atoms with Crippen molar-refractivity contribution in [3.05, 3.63) is 53.7 Å². The summed E-state index contributed by atoms with van der Waals surface area (Å²) in [5, 5.41) is 3.84. The van der Waals surface area contributed by atoms with Gasteiger partial charge < -0.3 is 13.9 Å². The van der Waals surface area contributed by atoms with Crippen molar-refractivity contribution in [3.63, 3.8) is 0 Å². The van der Waals surface area contributed by atoms with Crippen LogP contribution in [0.3, 0.4) is 0 Å². The first-order valence-electron chi connectivity index (χ1n) is 13.6. The molecule has 3 aromatic rings. The van der Waals surface area contributed by atoms with E-state index in [1.54, 1.807) is 0 Å². The minimum atomic E-state index is -1.87. The van der Waals surface area contributed by atoms with E-state index in [0.717, 1.165) is 40.3 Å². The molecule has 4 rings (SSSR count). The molecule has 1 aromatic carbocycles. The highest BCUT2D eigenvalue weighted by atomic mass is 28.4. The molecule has 1 N–H and O–H groups in total. The summed E-state index contributed by atoms with van der Waals surface area (Å²) in [4.78, 5) is 26.5. The summed E-state index contributed by atoms with van der Waals surface area (Å²) >= 11 is 0. The number of hydrogen-bond acceptors (Lipinski definition) is 7. The highest BCUT2D eigenvalue weighted by Crippen LogP contribution is 2.53. The zero-order valence-corrected chi connectivity index (χ0v) is 25.7. The van der Waals surface area contributed by atoms with Gasteiger partial charge in [0.15, 0.2) is 8.32 Å². The van der Waals surface area contributed by atoms with E-state index >= 15 is 0 Å².